The van der Waals surface area contributed by atoms with Crippen molar-refractivity contribution in [2.24, 2.45) is 0 Å². The number of hydrogen-bond acceptors (Lipinski definition) is 4. The molecule has 0 aromatic heterocycles. The molecular weight excluding hydrogens is 428 g/mol. The van der Waals surface area contributed by atoms with Crippen LogP contribution in [-0.2, 0) is 26.3 Å². The molecule has 2 aromatic carbocycles. The number of benzene rings is 2. The Kier molecular flexibility index (Phi) is 8.80. The highest BCUT2D eigenvalue weighted by atomic mass is 32.2. The standard InChI is InChI=1S/C23H32N4O4S/c1-6-21(23(29)24-3)26(16-19-13-11-10-12-18(19)2)22(28)17-27(32(30,31)25(4)5)20-14-8-7-9-15-20/h7-15,21H,6,16-17H2,1-5H3,(H,24,29)/t21-/m1/s1. The summed E-state index contributed by atoms with van der Waals surface area (Å²) >= 11 is 0. The van der Waals surface area contributed by atoms with E-state index in [1.807, 2.05) is 38.1 Å². The van der Waals surface area contributed by atoms with Crippen LogP contribution in [0.2, 0.25) is 0 Å². The third-order valence-corrected chi connectivity index (χ3v) is 7.12. The summed E-state index contributed by atoms with van der Waals surface area (Å²) < 4.78 is 28.2. The minimum absolute atomic E-state index is 0.197. The van der Waals surface area contributed by atoms with Crippen LogP contribution in [0.4, 0.5) is 5.69 Å². The van der Waals surface area contributed by atoms with E-state index in [0.29, 0.717) is 12.1 Å². The van der Waals surface area contributed by atoms with Gasteiger partial charge in [0.2, 0.25) is 11.8 Å². The number of carbonyl (C=O) groups excluding carboxylic acids is 2. The molecule has 1 atom stereocenters. The average Bonchev–Trinajstić information content (AvgIpc) is 2.78. The van der Waals surface area contributed by atoms with E-state index in [9.17, 15) is 18.0 Å². The van der Waals surface area contributed by atoms with E-state index in [2.05, 4.69) is 5.32 Å². The zero-order valence-corrected chi connectivity index (χ0v) is 20.1. The van der Waals surface area contributed by atoms with E-state index in [1.165, 1.54) is 26.0 Å². The largest absolute Gasteiger partial charge is 0.357 e. The summed E-state index contributed by atoms with van der Waals surface area (Å²) in [5, 5.41) is 2.61. The van der Waals surface area contributed by atoms with Gasteiger partial charge in [-0.15, -0.1) is 0 Å². The molecule has 0 radical (unpaired) electrons. The van der Waals surface area contributed by atoms with Gasteiger partial charge in [-0.1, -0.05) is 49.4 Å². The van der Waals surface area contributed by atoms with Crippen LogP contribution in [0, 0.1) is 6.92 Å². The summed E-state index contributed by atoms with van der Waals surface area (Å²) in [5.41, 5.74) is 2.25. The average molecular weight is 461 g/mol. The van der Waals surface area contributed by atoms with Gasteiger partial charge in [-0.2, -0.15) is 12.7 Å². The Bertz CT molecular complexity index is 1030. The fraction of sp³-hybridized carbons (Fsp3) is 0.391. The zero-order valence-electron chi connectivity index (χ0n) is 19.3. The third-order valence-electron chi connectivity index (χ3n) is 5.30. The Morgan fingerprint density at radius 1 is 1.00 bits per heavy atom. The third kappa shape index (κ3) is 5.86. The van der Waals surface area contributed by atoms with Gasteiger partial charge in [0.25, 0.3) is 0 Å². The van der Waals surface area contributed by atoms with Gasteiger partial charge in [0, 0.05) is 27.7 Å². The first-order valence-corrected chi connectivity index (χ1v) is 11.8. The normalized spacial score (nSPS) is 12.3. The van der Waals surface area contributed by atoms with Crippen molar-refractivity contribution in [3.8, 4) is 0 Å². The number of para-hydroxylation sites is 1. The molecule has 0 aliphatic carbocycles. The highest BCUT2D eigenvalue weighted by Gasteiger charge is 2.33. The molecule has 0 aliphatic heterocycles. The molecule has 0 fully saturated rings. The molecule has 0 aliphatic rings. The van der Waals surface area contributed by atoms with Crippen LogP contribution in [0.1, 0.15) is 24.5 Å². The Balaban J connectivity index is 2.48. The Morgan fingerprint density at radius 3 is 2.12 bits per heavy atom. The second-order valence-electron chi connectivity index (χ2n) is 7.62. The lowest BCUT2D eigenvalue weighted by Gasteiger charge is -2.34. The lowest BCUT2D eigenvalue weighted by atomic mass is 10.1. The van der Waals surface area contributed by atoms with Crippen molar-refractivity contribution in [1.82, 2.24) is 14.5 Å². The van der Waals surface area contributed by atoms with Crippen LogP contribution in [0.3, 0.4) is 0 Å². The predicted octanol–water partition coefficient (Wildman–Crippen LogP) is 2.16. The first-order chi connectivity index (χ1) is 15.1. The molecule has 1 N–H and O–H groups in total. The summed E-state index contributed by atoms with van der Waals surface area (Å²) in [6, 6.07) is 15.3. The smallest absolute Gasteiger partial charge is 0.304 e. The van der Waals surface area contributed by atoms with E-state index < -0.39 is 28.7 Å². The number of anilines is 1. The predicted molar refractivity (Wildman–Crippen MR) is 126 cm³/mol. The van der Waals surface area contributed by atoms with Crippen molar-refractivity contribution in [2.45, 2.75) is 32.9 Å². The highest BCUT2D eigenvalue weighted by molar-refractivity contribution is 7.90. The molecule has 0 spiro atoms. The first-order valence-electron chi connectivity index (χ1n) is 10.4. The second-order valence-corrected chi connectivity index (χ2v) is 9.69. The van der Waals surface area contributed by atoms with E-state index in [-0.39, 0.29) is 12.5 Å². The quantitative estimate of drug-likeness (QED) is 0.588. The molecule has 2 amide bonds. The van der Waals surface area contributed by atoms with Gasteiger partial charge >= 0.3 is 10.2 Å². The molecule has 2 rings (SSSR count). The molecule has 0 bridgehead atoms. The molecule has 0 heterocycles. The van der Waals surface area contributed by atoms with Gasteiger partial charge in [-0.25, -0.2) is 4.31 Å². The minimum atomic E-state index is -3.94. The molecule has 2 aromatic rings. The monoisotopic (exact) mass is 460 g/mol. The minimum Gasteiger partial charge on any atom is -0.357 e. The summed E-state index contributed by atoms with van der Waals surface area (Å²) in [5.74, 6) is -0.755. The van der Waals surface area contributed by atoms with Gasteiger partial charge in [0.1, 0.15) is 12.6 Å². The number of hydrogen-bond donors (Lipinski definition) is 1. The maximum Gasteiger partial charge on any atom is 0.304 e. The van der Waals surface area contributed by atoms with Crippen molar-refractivity contribution in [2.75, 3.05) is 32.0 Å². The van der Waals surface area contributed by atoms with Gasteiger partial charge in [0.15, 0.2) is 0 Å². The Morgan fingerprint density at radius 2 is 1.59 bits per heavy atom. The van der Waals surface area contributed by atoms with Crippen LogP contribution in [-0.4, -0.2) is 63.2 Å². The highest BCUT2D eigenvalue weighted by Crippen LogP contribution is 2.21. The molecule has 174 valence electrons. The first kappa shape index (κ1) is 25.4. The van der Waals surface area contributed by atoms with Crippen molar-refractivity contribution in [3.05, 3.63) is 65.7 Å². The van der Waals surface area contributed by atoms with Crippen molar-refractivity contribution in [1.29, 1.82) is 0 Å². The van der Waals surface area contributed by atoms with Crippen molar-refractivity contribution >= 4 is 27.7 Å². The van der Waals surface area contributed by atoms with Gasteiger partial charge < -0.3 is 10.2 Å². The van der Waals surface area contributed by atoms with E-state index >= 15 is 0 Å². The molecular formula is C23H32N4O4S. The second kappa shape index (κ2) is 11.1. The maximum atomic E-state index is 13.6. The van der Waals surface area contributed by atoms with Crippen molar-refractivity contribution in [3.63, 3.8) is 0 Å². The number of rotatable bonds is 10. The van der Waals surface area contributed by atoms with Crippen LogP contribution in [0.25, 0.3) is 0 Å². The van der Waals surface area contributed by atoms with Gasteiger partial charge in [-0.05, 0) is 36.6 Å². The number of nitrogens with zero attached hydrogens (tertiary/aromatic N) is 3. The fourth-order valence-electron chi connectivity index (χ4n) is 3.37. The fourth-order valence-corrected chi connectivity index (χ4v) is 4.42. The van der Waals surface area contributed by atoms with Crippen LogP contribution in [0.15, 0.2) is 54.6 Å². The number of nitrogens with one attached hydrogen (secondary N) is 1. The summed E-state index contributed by atoms with van der Waals surface area (Å²) in [7, 11) is 0.415. The number of amides is 2. The van der Waals surface area contributed by atoms with Crippen LogP contribution < -0.4 is 9.62 Å². The molecule has 9 heteroatoms. The van der Waals surface area contributed by atoms with E-state index in [0.717, 1.165) is 19.7 Å². The number of carbonyl (C=O) groups is 2. The van der Waals surface area contributed by atoms with Gasteiger partial charge in [0.05, 0.1) is 5.69 Å². The topological polar surface area (TPSA) is 90.0 Å². The van der Waals surface area contributed by atoms with Crippen LogP contribution in [0.5, 0.6) is 0 Å². The summed E-state index contributed by atoms with van der Waals surface area (Å²) in [6.07, 6.45) is 0.392. The van der Waals surface area contributed by atoms with Crippen LogP contribution >= 0.6 is 0 Å². The van der Waals surface area contributed by atoms with E-state index in [4.69, 9.17) is 0 Å². The van der Waals surface area contributed by atoms with E-state index in [1.54, 1.807) is 30.3 Å². The maximum absolute atomic E-state index is 13.6. The lowest BCUT2D eigenvalue weighted by Crippen LogP contribution is -2.53. The van der Waals surface area contributed by atoms with Crippen molar-refractivity contribution < 1.29 is 18.0 Å². The van der Waals surface area contributed by atoms with Gasteiger partial charge in [-0.3, -0.25) is 9.59 Å². The molecule has 0 saturated heterocycles. The summed E-state index contributed by atoms with van der Waals surface area (Å²) in [6.45, 7) is 3.53. The number of aryl methyl sites for hydroxylation is 1. The zero-order chi connectivity index (χ0) is 23.9. The number of likely N-dealkylation sites (N-methyl/N-ethyl adjacent to an activating group) is 1. The molecule has 32 heavy (non-hydrogen) atoms. The Hall–Kier alpha value is -2.91. The molecule has 0 unspecified atom stereocenters. The summed E-state index contributed by atoms with van der Waals surface area (Å²) in [4.78, 5) is 27.6. The SMILES string of the molecule is CC[C@H](C(=O)NC)N(Cc1ccccc1C)C(=O)CN(c1ccccc1)S(=O)(=O)N(C)C. The lowest BCUT2D eigenvalue weighted by molar-refractivity contribution is -0.140. The molecule has 8 nitrogen and oxygen atoms in total. The Labute approximate surface area is 191 Å². The molecule has 0 saturated carbocycles.